The van der Waals surface area contributed by atoms with Gasteiger partial charge in [-0.1, -0.05) is 6.07 Å². The van der Waals surface area contributed by atoms with Crippen LogP contribution in [0.1, 0.15) is 23.9 Å². The number of aryl methyl sites for hydroxylation is 1. The van der Waals surface area contributed by atoms with E-state index in [1.54, 1.807) is 18.3 Å². The first-order chi connectivity index (χ1) is 13.0. The van der Waals surface area contributed by atoms with Gasteiger partial charge >= 0.3 is 5.97 Å². The molecule has 154 valence electrons. The molecule has 5 N–H and O–H groups in total. The SMILES string of the molecule is CC(=O)O.Cn1ccnc1Cc1cc(S(N)(=O)=O)ccc1CCNCC(=O)O. The lowest BCUT2D eigenvalue weighted by atomic mass is 10.0. The first kappa shape index (κ1) is 23.3. The molecule has 1 aromatic carbocycles. The Balaban J connectivity index is 0.000000892. The highest BCUT2D eigenvalue weighted by atomic mass is 32.2. The largest absolute Gasteiger partial charge is 0.481 e. The zero-order valence-electron chi connectivity index (χ0n) is 15.6. The zero-order valence-corrected chi connectivity index (χ0v) is 16.4. The smallest absolute Gasteiger partial charge is 0.317 e. The molecule has 2 aromatic rings. The molecular formula is C17H24N4O6S. The highest BCUT2D eigenvalue weighted by Crippen LogP contribution is 2.18. The van der Waals surface area contributed by atoms with Crippen molar-refractivity contribution in [2.45, 2.75) is 24.7 Å². The van der Waals surface area contributed by atoms with Crippen molar-refractivity contribution in [2.24, 2.45) is 12.2 Å². The molecule has 0 saturated heterocycles. The van der Waals surface area contributed by atoms with Gasteiger partial charge in [0.25, 0.3) is 5.97 Å². The number of imidazole rings is 1. The molecule has 10 nitrogen and oxygen atoms in total. The lowest BCUT2D eigenvalue weighted by molar-refractivity contribution is -0.136. The summed E-state index contributed by atoms with van der Waals surface area (Å²) in [6, 6.07) is 4.72. The molecule has 0 fully saturated rings. The monoisotopic (exact) mass is 412 g/mol. The molecule has 2 rings (SSSR count). The van der Waals surface area contributed by atoms with Crippen molar-refractivity contribution in [3.63, 3.8) is 0 Å². The van der Waals surface area contributed by atoms with Gasteiger partial charge in [-0.25, -0.2) is 18.5 Å². The number of carbonyl (C=O) groups is 2. The Labute approximate surface area is 163 Å². The Morgan fingerprint density at radius 2 is 1.89 bits per heavy atom. The van der Waals surface area contributed by atoms with Crippen LogP contribution in [0, 0.1) is 0 Å². The molecule has 0 aliphatic heterocycles. The van der Waals surface area contributed by atoms with Gasteiger partial charge in [0.1, 0.15) is 5.82 Å². The van der Waals surface area contributed by atoms with Crippen LogP contribution in [0.25, 0.3) is 0 Å². The van der Waals surface area contributed by atoms with Crippen LogP contribution < -0.4 is 10.5 Å². The van der Waals surface area contributed by atoms with E-state index in [-0.39, 0.29) is 11.4 Å². The average Bonchev–Trinajstić information content (AvgIpc) is 2.96. The van der Waals surface area contributed by atoms with Crippen LogP contribution >= 0.6 is 0 Å². The molecule has 0 aliphatic rings. The van der Waals surface area contributed by atoms with Gasteiger partial charge in [0.15, 0.2) is 0 Å². The van der Waals surface area contributed by atoms with E-state index in [0.29, 0.717) is 19.4 Å². The molecule has 11 heteroatoms. The summed E-state index contributed by atoms with van der Waals surface area (Å²) < 4.78 is 25.0. The predicted octanol–water partition coefficient (Wildman–Crippen LogP) is -0.0341. The summed E-state index contributed by atoms with van der Waals surface area (Å²) in [4.78, 5) is 23.8. The maximum absolute atomic E-state index is 11.6. The third-order valence-corrected chi connectivity index (χ3v) is 4.53. The Kier molecular flexibility index (Phi) is 8.76. The number of nitrogens with one attached hydrogen (secondary N) is 1. The second kappa shape index (κ2) is 10.5. The molecule has 1 heterocycles. The summed E-state index contributed by atoms with van der Waals surface area (Å²) >= 11 is 0. The van der Waals surface area contributed by atoms with Crippen LogP contribution in [-0.2, 0) is 39.5 Å². The minimum Gasteiger partial charge on any atom is -0.481 e. The van der Waals surface area contributed by atoms with Crippen molar-refractivity contribution in [3.8, 4) is 0 Å². The lowest BCUT2D eigenvalue weighted by Gasteiger charge is -2.12. The topological polar surface area (TPSA) is 165 Å². The Hall–Kier alpha value is -2.76. The predicted molar refractivity (Wildman–Crippen MR) is 101 cm³/mol. The lowest BCUT2D eigenvalue weighted by Crippen LogP contribution is -2.25. The highest BCUT2D eigenvalue weighted by Gasteiger charge is 2.13. The molecule has 1 aromatic heterocycles. The molecule has 0 saturated carbocycles. The zero-order chi connectivity index (χ0) is 21.3. The number of aliphatic carboxylic acids is 2. The second-order valence-electron chi connectivity index (χ2n) is 5.95. The van der Waals surface area contributed by atoms with Gasteiger partial charge in [0.2, 0.25) is 10.0 Å². The van der Waals surface area contributed by atoms with Crippen molar-refractivity contribution in [3.05, 3.63) is 47.5 Å². The van der Waals surface area contributed by atoms with E-state index in [1.807, 2.05) is 17.8 Å². The van der Waals surface area contributed by atoms with Gasteiger partial charge in [-0.05, 0) is 36.2 Å². The molecular weight excluding hydrogens is 388 g/mol. The van der Waals surface area contributed by atoms with Crippen molar-refractivity contribution >= 4 is 22.0 Å². The first-order valence-corrected chi connectivity index (χ1v) is 9.78. The van der Waals surface area contributed by atoms with E-state index in [0.717, 1.165) is 23.9 Å². The molecule has 0 unspecified atom stereocenters. The van der Waals surface area contributed by atoms with E-state index < -0.39 is 22.0 Å². The van der Waals surface area contributed by atoms with Gasteiger partial charge in [0.05, 0.1) is 11.4 Å². The van der Waals surface area contributed by atoms with Crippen LogP contribution in [0.2, 0.25) is 0 Å². The maximum Gasteiger partial charge on any atom is 0.317 e. The van der Waals surface area contributed by atoms with Gasteiger partial charge < -0.3 is 20.1 Å². The molecule has 0 amide bonds. The summed E-state index contributed by atoms with van der Waals surface area (Å²) in [6.07, 6.45) is 4.51. The summed E-state index contributed by atoms with van der Waals surface area (Å²) in [7, 11) is -1.93. The third kappa shape index (κ3) is 8.29. The van der Waals surface area contributed by atoms with Gasteiger partial charge in [-0.2, -0.15) is 0 Å². The minimum absolute atomic E-state index is 0.0500. The Morgan fingerprint density at radius 1 is 1.25 bits per heavy atom. The van der Waals surface area contributed by atoms with Crippen LogP contribution in [0.5, 0.6) is 0 Å². The van der Waals surface area contributed by atoms with E-state index in [2.05, 4.69) is 10.3 Å². The molecule has 0 aliphatic carbocycles. The normalized spacial score (nSPS) is 10.8. The molecule has 0 radical (unpaired) electrons. The molecule has 0 bridgehead atoms. The summed E-state index contributed by atoms with van der Waals surface area (Å²) in [6.45, 7) is 1.43. The molecule has 0 atom stereocenters. The van der Waals surface area contributed by atoms with Crippen molar-refractivity contribution in [1.82, 2.24) is 14.9 Å². The quantitative estimate of drug-likeness (QED) is 0.439. The number of hydrogen-bond acceptors (Lipinski definition) is 6. The number of rotatable bonds is 8. The van der Waals surface area contributed by atoms with Crippen LogP contribution in [-0.4, -0.2) is 53.2 Å². The summed E-state index contributed by atoms with van der Waals surface area (Å²) in [5.74, 6) is -0.964. The maximum atomic E-state index is 11.6. The summed E-state index contributed by atoms with van der Waals surface area (Å²) in [5.41, 5.74) is 1.72. The van der Waals surface area contributed by atoms with Crippen LogP contribution in [0.3, 0.4) is 0 Å². The fourth-order valence-electron chi connectivity index (χ4n) is 2.34. The fraction of sp³-hybridized carbons (Fsp3) is 0.353. The molecule has 28 heavy (non-hydrogen) atoms. The van der Waals surface area contributed by atoms with Crippen molar-refractivity contribution < 1.29 is 28.2 Å². The number of primary sulfonamides is 1. The van der Waals surface area contributed by atoms with Gasteiger partial charge in [0, 0.05) is 32.8 Å². The average molecular weight is 412 g/mol. The second-order valence-corrected chi connectivity index (χ2v) is 7.51. The Morgan fingerprint density at radius 3 is 2.39 bits per heavy atom. The van der Waals surface area contributed by atoms with E-state index in [1.165, 1.54) is 6.07 Å². The fourth-order valence-corrected chi connectivity index (χ4v) is 2.91. The van der Waals surface area contributed by atoms with E-state index in [4.69, 9.17) is 20.1 Å². The van der Waals surface area contributed by atoms with Gasteiger partial charge in [-0.15, -0.1) is 0 Å². The first-order valence-electron chi connectivity index (χ1n) is 8.23. The van der Waals surface area contributed by atoms with Crippen LogP contribution in [0.4, 0.5) is 0 Å². The van der Waals surface area contributed by atoms with E-state index >= 15 is 0 Å². The number of sulfonamides is 1. The minimum atomic E-state index is -3.79. The summed E-state index contributed by atoms with van der Waals surface area (Å²) in [5, 5.41) is 24.1. The standard InChI is InChI=1S/C15H20N4O4S.C2H4O2/c1-19-7-6-18-14(19)9-12-8-13(24(16,22)23)3-2-11(12)4-5-17-10-15(20)21;1-2(3)4/h2-3,6-8,17H,4-5,9-10H2,1H3,(H,20,21)(H2,16,22,23);1H3,(H,3,4). The number of nitrogens with two attached hydrogens (primary N) is 1. The number of benzene rings is 1. The van der Waals surface area contributed by atoms with Crippen LogP contribution in [0.15, 0.2) is 35.5 Å². The number of hydrogen-bond donors (Lipinski definition) is 4. The number of nitrogens with zero attached hydrogens (tertiary/aromatic N) is 2. The number of carboxylic acids is 2. The third-order valence-electron chi connectivity index (χ3n) is 3.62. The van der Waals surface area contributed by atoms with Crippen molar-refractivity contribution in [2.75, 3.05) is 13.1 Å². The van der Waals surface area contributed by atoms with Crippen molar-refractivity contribution in [1.29, 1.82) is 0 Å². The Bertz CT molecular complexity index is 919. The van der Waals surface area contributed by atoms with Gasteiger partial charge in [-0.3, -0.25) is 9.59 Å². The number of carboxylic acid groups (broad SMARTS) is 2. The highest BCUT2D eigenvalue weighted by molar-refractivity contribution is 7.89. The molecule has 0 spiro atoms. The van der Waals surface area contributed by atoms with E-state index in [9.17, 15) is 13.2 Å². The number of aromatic nitrogens is 2.